The molecule has 7 heteroatoms. The average molecular weight is 408 g/mol. The maximum atomic E-state index is 11.4. The highest BCUT2D eigenvalue weighted by Gasteiger charge is 2.19. The van der Waals surface area contributed by atoms with Gasteiger partial charge in [-0.2, -0.15) is 0 Å². The Morgan fingerprint density at radius 2 is 1.71 bits per heavy atom. The van der Waals surface area contributed by atoms with E-state index in [0.717, 1.165) is 6.26 Å². The van der Waals surface area contributed by atoms with Crippen LogP contribution < -0.4 is 5.73 Å². The number of hydrogen-bond donors (Lipinski definition) is 1. The summed E-state index contributed by atoms with van der Waals surface area (Å²) in [5, 5.41) is 0. The third-order valence-corrected chi connectivity index (χ3v) is 5.33. The van der Waals surface area contributed by atoms with Gasteiger partial charge >= 0.3 is 0 Å². The van der Waals surface area contributed by atoms with Crippen molar-refractivity contribution in [3.8, 4) is 0 Å². The van der Waals surface area contributed by atoms with Gasteiger partial charge in [-0.15, -0.1) is 0 Å². The highest BCUT2D eigenvalue weighted by molar-refractivity contribution is 9.11. The molecule has 78 valence electrons. The third kappa shape index (κ3) is 2.32. The van der Waals surface area contributed by atoms with Gasteiger partial charge in [0.2, 0.25) is 0 Å². The number of sulfone groups is 1. The van der Waals surface area contributed by atoms with Crippen LogP contribution in [0.2, 0.25) is 0 Å². The molecule has 1 rings (SSSR count). The number of benzene rings is 1. The molecule has 0 atom stereocenters. The number of hydrogen-bond acceptors (Lipinski definition) is 3. The van der Waals surface area contributed by atoms with Crippen LogP contribution in [-0.2, 0) is 9.84 Å². The maximum Gasteiger partial charge on any atom is 0.177 e. The highest BCUT2D eigenvalue weighted by atomic mass is 79.9. The van der Waals surface area contributed by atoms with Gasteiger partial charge in [0, 0.05) is 15.2 Å². The monoisotopic (exact) mass is 405 g/mol. The quantitative estimate of drug-likeness (QED) is 0.728. The van der Waals surface area contributed by atoms with Crippen LogP contribution in [-0.4, -0.2) is 14.7 Å². The van der Waals surface area contributed by atoms with Gasteiger partial charge in [-0.1, -0.05) is 0 Å². The smallest absolute Gasteiger partial charge is 0.177 e. The van der Waals surface area contributed by atoms with Crippen LogP contribution in [0.15, 0.2) is 24.4 Å². The van der Waals surface area contributed by atoms with Gasteiger partial charge in [-0.25, -0.2) is 8.42 Å². The van der Waals surface area contributed by atoms with Gasteiger partial charge in [-0.05, 0) is 53.9 Å². The Morgan fingerprint density at radius 1 is 1.21 bits per heavy atom. The fraction of sp³-hybridized carbons (Fsp3) is 0.143. The van der Waals surface area contributed by atoms with E-state index in [2.05, 4.69) is 47.8 Å². The molecule has 0 heterocycles. The lowest BCUT2D eigenvalue weighted by Gasteiger charge is -2.09. The second-order valence-corrected chi connectivity index (χ2v) is 7.12. The Morgan fingerprint density at radius 3 is 2.14 bits per heavy atom. The van der Waals surface area contributed by atoms with Gasteiger partial charge < -0.3 is 5.73 Å². The molecule has 0 radical (unpaired) electrons. The van der Waals surface area contributed by atoms with Crippen LogP contribution in [0.5, 0.6) is 0 Å². The van der Waals surface area contributed by atoms with Crippen LogP contribution in [0.25, 0.3) is 0 Å². The first-order valence-electron chi connectivity index (χ1n) is 3.38. The number of halogens is 3. The Balaban J connectivity index is 3.70. The molecule has 0 saturated carbocycles. The lowest BCUT2D eigenvalue weighted by atomic mass is 10.3. The van der Waals surface area contributed by atoms with Crippen molar-refractivity contribution in [2.24, 2.45) is 0 Å². The first-order chi connectivity index (χ1) is 6.25. The van der Waals surface area contributed by atoms with Gasteiger partial charge in [-0.3, -0.25) is 0 Å². The summed E-state index contributed by atoms with van der Waals surface area (Å²) in [6.45, 7) is 0. The van der Waals surface area contributed by atoms with Crippen molar-refractivity contribution in [3.63, 3.8) is 0 Å². The molecule has 3 nitrogen and oxygen atoms in total. The van der Waals surface area contributed by atoms with Crippen molar-refractivity contribution < 1.29 is 8.42 Å². The zero-order valence-corrected chi connectivity index (χ0v) is 12.6. The van der Waals surface area contributed by atoms with E-state index in [0.29, 0.717) is 19.1 Å². The second kappa shape index (κ2) is 4.11. The summed E-state index contributed by atoms with van der Waals surface area (Å²) in [5.41, 5.74) is 6.04. The molecule has 0 spiro atoms. The van der Waals surface area contributed by atoms with Crippen molar-refractivity contribution >= 4 is 63.3 Å². The molecule has 0 aromatic heterocycles. The van der Waals surface area contributed by atoms with Crippen molar-refractivity contribution in [2.75, 3.05) is 12.0 Å². The van der Waals surface area contributed by atoms with E-state index < -0.39 is 9.84 Å². The molecule has 0 unspecified atom stereocenters. The van der Waals surface area contributed by atoms with Crippen molar-refractivity contribution in [3.05, 3.63) is 19.5 Å². The molecular weight excluding hydrogens is 402 g/mol. The minimum Gasteiger partial charge on any atom is -0.397 e. The van der Waals surface area contributed by atoms with Crippen molar-refractivity contribution in [1.82, 2.24) is 0 Å². The SMILES string of the molecule is CS(=O)(=O)c1c(Br)cc(Br)c(N)c1Br. The molecule has 0 bridgehead atoms. The molecule has 1 aromatic rings. The maximum absolute atomic E-state index is 11.4. The molecule has 0 saturated heterocycles. The average Bonchev–Trinajstić information content (AvgIpc) is 1.97. The summed E-state index contributed by atoms with van der Waals surface area (Å²) < 4.78 is 24.3. The van der Waals surface area contributed by atoms with Crippen LogP contribution in [0.4, 0.5) is 5.69 Å². The van der Waals surface area contributed by atoms with Crippen LogP contribution in [0.1, 0.15) is 0 Å². The predicted molar refractivity (Wildman–Crippen MR) is 67.1 cm³/mol. The molecule has 0 fully saturated rings. The van der Waals surface area contributed by atoms with Crippen LogP contribution >= 0.6 is 47.8 Å². The van der Waals surface area contributed by atoms with Gasteiger partial charge in [0.1, 0.15) is 0 Å². The van der Waals surface area contributed by atoms with E-state index in [1.165, 1.54) is 0 Å². The Labute approximate surface area is 107 Å². The predicted octanol–water partition coefficient (Wildman–Crippen LogP) is 2.96. The normalized spacial score (nSPS) is 11.7. The molecule has 1 aromatic carbocycles. The summed E-state index contributed by atoms with van der Waals surface area (Å²) in [5.74, 6) is 0. The largest absolute Gasteiger partial charge is 0.397 e. The minimum atomic E-state index is -3.30. The lowest BCUT2D eigenvalue weighted by Crippen LogP contribution is -2.02. The summed E-state index contributed by atoms with van der Waals surface area (Å²) in [7, 11) is -3.30. The van der Waals surface area contributed by atoms with Crippen molar-refractivity contribution in [2.45, 2.75) is 4.90 Å². The third-order valence-electron chi connectivity index (χ3n) is 1.53. The number of anilines is 1. The molecular formula is C7H6Br3NO2S. The minimum absolute atomic E-state index is 0.165. The zero-order chi connectivity index (χ0) is 11.1. The Hall–Kier alpha value is 0.410. The van der Waals surface area contributed by atoms with E-state index in [1.807, 2.05) is 0 Å². The Bertz CT molecular complexity index is 484. The molecule has 0 aliphatic rings. The fourth-order valence-electron chi connectivity index (χ4n) is 0.926. The van der Waals surface area contributed by atoms with E-state index in [4.69, 9.17) is 5.73 Å². The zero-order valence-electron chi connectivity index (χ0n) is 7.01. The first kappa shape index (κ1) is 12.5. The molecule has 0 aliphatic heterocycles. The van der Waals surface area contributed by atoms with Crippen LogP contribution in [0.3, 0.4) is 0 Å². The summed E-state index contributed by atoms with van der Waals surface area (Å²) in [6, 6.07) is 1.61. The topological polar surface area (TPSA) is 60.2 Å². The summed E-state index contributed by atoms with van der Waals surface area (Å²) in [6.07, 6.45) is 1.13. The number of rotatable bonds is 1. The van der Waals surface area contributed by atoms with Gasteiger partial charge in [0.25, 0.3) is 0 Å². The molecule has 14 heavy (non-hydrogen) atoms. The summed E-state index contributed by atoms with van der Waals surface area (Å²) in [4.78, 5) is 0.165. The Kier molecular flexibility index (Phi) is 3.67. The van der Waals surface area contributed by atoms with E-state index in [1.54, 1.807) is 6.07 Å². The van der Waals surface area contributed by atoms with Gasteiger partial charge in [0.15, 0.2) is 9.84 Å². The molecule has 2 N–H and O–H groups in total. The number of nitrogens with two attached hydrogens (primary N) is 1. The van der Waals surface area contributed by atoms with Crippen LogP contribution in [0, 0.1) is 0 Å². The second-order valence-electron chi connectivity index (χ2n) is 2.67. The fourth-order valence-corrected chi connectivity index (χ4v) is 5.66. The highest BCUT2D eigenvalue weighted by Crippen LogP contribution is 2.38. The summed E-state index contributed by atoms with van der Waals surface area (Å²) >= 11 is 9.54. The van der Waals surface area contributed by atoms with E-state index in [9.17, 15) is 8.42 Å². The first-order valence-corrected chi connectivity index (χ1v) is 7.65. The molecule has 0 amide bonds. The van der Waals surface area contributed by atoms with Crippen molar-refractivity contribution in [1.29, 1.82) is 0 Å². The van der Waals surface area contributed by atoms with E-state index in [-0.39, 0.29) is 4.90 Å². The van der Waals surface area contributed by atoms with E-state index >= 15 is 0 Å². The number of nitrogen functional groups attached to an aromatic ring is 1. The van der Waals surface area contributed by atoms with Gasteiger partial charge in [0.05, 0.1) is 15.1 Å². The molecule has 0 aliphatic carbocycles. The lowest BCUT2D eigenvalue weighted by molar-refractivity contribution is 0.601. The standard InChI is InChI=1S/C7H6Br3NO2S/c1-14(12,13)7-4(9)2-3(8)6(11)5(7)10/h2H,11H2,1H3.